The Balaban J connectivity index is 2.16. The fraction of sp³-hybridized carbons (Fsp3) is 0.231. The van der Waals surface area contributed by atoms with E-state index in [4.69, 9.17) is 10.5 Å². The zero-order valence-electron chi connectivity index (χ0n) is 9.82. The number of hydrogen-bond donors (Lipinski definition) is 1. The highest BCUT2D eigenvalue weighted by atomic mass is 79.9. The second-order valence-electron chi connectivity index (χ2n) is 3.91. The van der Waals surface area contributed by atoms with Crippen molar-refractivity contribution in [2.45, 2.75) is 12.5 Å². The number of nitrogens with two attached hydrogens (primary N) is 1. The molecule has 1 heterocycles. The van der Waals surface area contributed by atoms with Gasteiger partial charge in [-0.15, -0.1) is 11.3 Å². The molecule has 1 aromatic heterocycles. The van der Waals surface area contributed by atoms with Gasteiger partial charge in [0.2, 0.25) is 0 Å². The number of halogens is 2. The Morgan fingerprint density at radius 1 is 1.44 bits per heavy atom. The molecule has 1 unspecified atom stereocenters. The lowest BCUT2D eigenvalue weighted by atomic mass is 10.1. The number of rotatable bonds is 4. The summed E-state index contributed by atoms with van der Waals surface area (Å²) in [5, 5.41) is 1.95. The summed E-state index contributed by atoms with van der Waals surface area (Å²) in [7, 11) is 1.63. The molecule has 96 valence electrons. The van der Waals surface area contributed by atoms with E-state index in [-0.39, 0.29) is 11.9 Å². The quantitative estimate of drug-likeness (QED) is 0.923. The van der Waals surface area contributed by atoms with Crippen molar-refractivity contribution in [1.29, 1.82) is 0 Å². The fourth-order valence-corrected chi connectivity index (χ4v) is 3.05. The van der Waals surface area contributed by atoms with Crippen LogP contribution in [0.1, 0.15) is 16.5 Å². The van der Waals surface area contributed by atoms with Crippen LogP contribution in [-0.4, -0.2) is 7.11 Å². The van der Waals surface area contributed by atoms with Crippen LogP contribution >= 0.6 is 27.3 Å². The van der Waals surface area contributed by atoms with Gasteiger partial charge in [0, 0.05) is 6.04 Å². The largest absolute Gasteiger partial charge is 0.496 e. The van der Waals surface area contributed by atoms with E-state index in [1.54, 1.807) is 30.6 Å². The zero-order chi connectivity index (χ0) is 13.1. The van der Waals surface area contributed by atoms with Gasteiger partial charge in [-0.3, -0.25) is 0 Å². The van der Waals surface area contributed by atoms with E-state index in [1.807, 2.05) is 11.4 Å². The van der Waals surface area contributed by atoms with Gasteiger partial charge in [-0.25, -0.2) is 4.39 Å². The number of hydrogen-bond acceptors (Lipinski definition) is 3. The molecule has 0 aliphatic rings. The van der Waals surface area contributed by atoms with Gasteiger partial charge in [0.1, 0.15) is 11.6 Å². The smallest absolute Gasteiger partial charge is 0.137 e. The summed E-state index contributed by atoms with van der Waals surface area (Å²) in [6.07, 6.45) is 0.649. The Bertz CT molecular complexity index is 544. The first-order valence-corrected chi connectivity index (χ1v) is 7.10. The standard InChI is InChI=1S/C13H13BrFNOS/c1-17-12-4-5-18-13(12)11(16)7-8-2-3-10(15)9(14)6-8/h2-6,11H,7,16H2,1H3. The molecule has 0 bridgehead atoms. The highest BCUT2D eigenvalue weighted by Gasteiger charge is 2.14. The second-order valence-corrected chi connectivity index (χ2v) is 5.71. The molecule has 5 heteroatoms. The van der Waals surface area contributed by atoms with E-state index in [9.17, 15) is 4.39 Å². The third-order valence-corrected chi connectivity index (χ3v) is 4.29. The van der Waals surface area contributed by atoms with Crippen LogP contribution < -0.4 is 10.5 Å². The van der Waals surface area contributed by atoms with E-state index >= 15 is 0 Å². The van der Waals surface area contributed by atoms with Gasteiger partial charge in [-0.1, -0.05) is 6.07 Å². The lowest BCUT2D eigenvalue weighted by Crippen LogP contribution is -2.12. The predicted octanol–water partition coefficient (Wildman–Crippen LogP) is 3.90. The Labute approximate surface area is 118 Å². The van der Waals surface area contributed by atoms with Crippen LogP contribution in [0.5, 0.6) is 5.75 Å². The lowest BCUT2D eigenvalue weighted by Gasteiger charge is -2.12. The summed E-state index contributed by atoms with van der Waals surface area (Å²) in [6, 6.07) is 6.71. The molecule has 2 N–H and O–H groups in total. The van der Waals surface area contributed by atoms with Gasteiger partial charge >= 0.3 is 0 Å². The minimum absolute atomic E-state index is 0.141. The summed E-state index contributed by atoms with van der Waals surface area (Å²) in [4.78, 5) is 1.01. The third kappa shape index (κ3) is 2.91. The summed E-state index contributed by atoms with van der Waals surface area (Å²) < 4.78 is 18.8. The van der Waals surface area contributed by atoms with E-state index in [0.717, 1.165) is 16.2 Å². The van der Waals surface area contributed by atoms with Crippen molar-refractivity contribution in [1.82, 2.24) is 0 Å². The van der Waals surface area contributed by atoms with E-state index in [0.29, 0.717) is 10.9 Å². The van der Waals surface area contributed by atoms with Crippen molar-refractivity contribution in [2.75, 3.05) is 7.11 Å². The molecule has 18 heavy (non-hydrogen) atoms. The van der Waals surface area contributed by atoms with Crippen LogP contribution in [0.15, 0.2) is 34.1 Å². The van der Waals surface area contributed by atoms with Crippen molar-refractivity contribution in [3.63, 3.8) is 0 Å². The second kappa shape index (κ2) is 5.82. The molecule has 1 atom stereocenters. The van der Waals surface area contributed by atoms with Gasteiger partial charge in [-0.2, -0.15) is 0 Å². The normalized spacial score (nSPS) is 12.4. The molecule has 0 spiro atoms. The Kier molecular flexibility index (Phi) is 4.37. The molecule has 1 aromatic carbocycles. The van der Waals surface area contributed by atoms with Crippen molar-refractivity contribution in [3.8, 4) is 5.75 Å². The molecule has 0 aliphatic carbocycles. The Morgan fingerprint density at radius 3 is 2.89 bits per heavy atom. The van der Waals surface area contributed by atoms with Gasteiger partial charge in [0.25, 0.3) is 0 Å². The van der Waals surface area contributed by atoms with Crippen LogP contribution in [0, 0.1) is 5.82 Å². The Morgan fingerprint density at radius 2 is 2.22 bits per heavy atom. The maximum atomic E-state index is 13.1. The molecule has 0 radical (unpaired) electrons. The van der Waals surface area contributed by atoms with Gasteiger partial charge in [0.15, 0.2) is 0 Å². The third-order valence-electron chi connectivity index (χ3n) is 2.65. The summed E-state index contributed by atoms with van der Waals surface area (Å²) >= 11 is 4.75. The van der Waals surface area contributed by atoms with Crippen molar-refractivity contribution in [3.05, 3.63) is 50.4 Å². The first-order chi connectivity index (χ1) is 8.61. The zero-order valence-corrected chi connectivity index (χ0v) is 12.2. The predicted molar refractivity (Wildman–Crippen MR) is 75.6 cm³/mol. The molecule has 2 aromatic rings. The molecule has 0 fully saturated rings. The number of thiophene rings is 1. The average molecular weight is 330 g/mol. The molecule has 2 rings (SSSR count). The van der Waals surface area contributed by atoms with Crippen LogP contribution in [0.4, 0.5) is 4.39 Å². The van der Waals surface area contributed by atoms with Crippen LogP contribution in [0.2, 0.25) is 0 Å². The van der Waals surface area contributed by atoms with Crippen molar-refractivity contribution in [2.24, 2.45) is 5.73 Å². The molecular formula is C13H13BrFNOS. The number of methoxy groups -OCH3 is 1. The first kappa shape index (κ1) is 13.5. The minimum atomic E-state index is -0.263. The average Bonchev–Trinajstić information content (AvgIpc) is 2.82. The van der Waals surface area contributed by atoms with E-state index in [2.05, 4.69) is 15.9 Å². The monoisotopic (exact) mass is 329 g/mol. The highest BCUT2D eigenvalue weighted by molar-refractivity contribution is 9.10. The Hall–Kier alpha value is -0.910. The highest BCUT2D eigenvalue weighted by Crippen LogP contribution is 2.31. The maximum absolute atomic E-state index is 13.1. The van der Waals surface area contributed by atoms with Crippen LogP contribution in [0.3, 0.4) is 0 Å². The molecule has 2 nitrogen and oxygen atoms in total. The summed E-state index contributed by atoms with van der Waals surface area (Å²) in [5.74, 6) is 0.551. The minimum Gasteiger partial charge on any atom is -0.496 e. The van der Waals surface area contributed by atoms with E-state index < -0.39 is 0 Å². The summed E-state index contributed by atoms with van der Waals surface area (Å²) in [5.41, 5.74) is 7.15. The van der Waals surface area contributed by atoms with Gasteiger partial charge in [-0.05, 0) is 51.5 Å². The molecule has 0 saturated carbocycles. The molecular weight excluding hydrogens is 317 g/mol. The lowest BCUT2D eigenvalue weighted by molar-refractivity contribution is 0.409. The topological polar surface area (TPSA) is 35.2 Å². The maximum Gasteiger partial charge on any atom is 0.137 e. The van der Waals surface area contributed by atoms with Crippen molar-refractivity contribution >= 4 is 27.3 Å². The molecule has 0 amide bonds. The van der Waals surface area contributed by atoms with Gasteiger partial charge < -0.3 is 10.5 Å². The fourth-order valence-electron chi connectivity index (χ4n) is 1.76. The van der Waals surface area contributed by atoms with Crippen LogP contribution in [-0.2, 0) is 6.42 Å². The van der Waals surface area contributed by atoms with E-state index in [1.165, 1.54) is 6.07 Å². The SMILES string of the molecule is COc1ccsc1C(N)Cc1ccc(F)c(Br)c1. The van der Waals surface area contributed by atoms with Crippen LogP contribution in [0.25, 0.3) is 0 Å². The van der Waals surface area contributed by atoms with Crippen molar-refractivity contribution < 1.29 is 9.13 Å². The van der Waals surface area contributed by atoms with Gasteiger partial charge in [0.05, 0.1) is 16.5 Å². The molecule has 0 aliphatic heterocycles. The summed E-state index contributed by atoms with van der Waals surface area (Å²) in [6.45, 7) is 0. The molecule has 0 saturated heterocycles. The number of benzene rings is 1. The first-order valence-electron chi connectivity index (χ1n) is 5.42. The number of ether oxygens (including phenoxy) is 1.